The first-order valence-corrected chi connectivity index (χ1v) is 9.14. The van der Waals surface area contributed by atoms with Crippen molar-refractivity contribution in [1.29, 1.82) is 0 Å². The molecule has 0 aliphatic carbocycles. The van der Waals surface area contributed by atoms with Crippen LogP contribution >= 0.6 is 0 Å². The van der Waals surface area contributed by atoms with Crippen LogP contribution in [0.15, 0.2) is 24.5 Å². The van der Waals surface area contributed by atoms with Crippen LogP contribution in [0.2, 0.25) is 0 Å². The van der Waals surface area contributed by atoms with Gasteiger partial charge in [0, 0.05) is 31.2 Å². The number of hydrogen-bond donors (Lipinski definition) is 1. The van der Waals surface area contributed by atoms with Gasteiger partial charge in [-0.15, -0.1) is 0 Å². The number of aromatic nitrogens is 1. The minimum Gasteiger partial charge on any atom is -0.342 e. The minimum atomic E-state index is -0.434. The quantitative estimate of drug-likeness (QED) is 0.911. The molecule has 0 radical (unpaired) electrons. The number of fused-ring (bicyclic) bond motifs is 1. The average Bonchev–Trinajstić information content (AvgIpc) is 2.80. The van der Waals surface area contributed by atoms with Crippen molar-refractivity contribution in [2.24, 2.45) is 11.3 Å². The third kappa shape index (κ3) is 3.40. The summed E-state index contributed by atoms with van der Waals surface area (Å²) in [6.07, 6.45) is 5.76. The molecule has 6 nitrogen and oxygen atoms in total. The highest BCUT2D eigenvalue weighted by Crippen LogP contribution is 2.44. The zero-order chi connectivity index (χ0) is 18.0. The van der Waals surface area contributed by atoms with E-state index in [4.69, 9.17) is 0 Å². The molecular weight excluding hydrogens is 316 g/mol. The zero-order valence-electron chi connectivity index (χ0n) is 15.4. The summed E-state index contributed by atoms with van der Waals surface area (Å²) in [4.78, 5) is 33.9. The fourth-order valence-electron chi connectivity index (χ4n) is 4.29. The van der Waals surface area contributed by atoms with Gasteiger partial charge in [-0.2, -0.15) is 0 Å². The van der Waals surface area contributed by atoms with Crippen molar-refractivity contribution in [3.8, 4) is 0 Å². The average molecular weight is 344 g/mol. The van der Waals surface area contributed by atoms with Gasteiger partial charge < -0.3 is 15.1 Å². The first kappa shape index (κ1) is 17.9. The van der Waals surface area contributed by atoms with E-state index in [-0.39, 0.29) is 23.8 Å². The summed E-state index contributed by atoms with van der Waals surface area (Å²) >= 11 is 0. The Hall–Kier alpha value is -1.95. The number of carbonyl (C=O) groups is 2. The predicted molar refractivity (Wildman–Crippen MR) is 97.0 cm³/mol. The van der Waals surface area contributed by atoms with Gasteiger partial charge in [-0.1, -0.05) is 13.8 Å². The van der Waals surface area contributed by atoms with E-state index in [1.54, 1.807) is 12.4 Å². The molecule has 0 spiro atoms. The summed E-state index contributed by atoms with van der Waals surface area (Å²) in [5, 5.41) is 3.06. The summed E-state index contributed by atoms with van der Waals surface area (Å²) < 4.78 is 0. The summed E-state index contributed by atoms with van der Waals surface area (Å²) in [5.41, 5.74) is 0.297. The molecule has 2 aliphatic rings. The summed E-state index contributed by atoms with van der Waals surface area (Å²) in [6.45, 7) is 6.18. The van der Waals surface area contributed by atoms with Gasteiger partial charge in [-0.3, -0.25) is 14.6 Å². The fourth-order valence-corrected chi connectivity index (χ4v) is 4.29. The number of nitrogens with zero attached hydrogens (tertiary/aromatic N) is 3. The molecule has 0 aromatic carbocycles. The van der Waals surface area contributed by atoms with E-state index in [2.05, 4.69) is 22.2 Å². The molecule has 1 aromatic heterocycles. The van der Waals surface area contributed by atoms with Gasteiger partial charge in [0.05, 0.1) is 17.3 Å². The number of carbonyl (C=O) groups excluding carboxylic acids is 2. The van der Waals surface area contributed by atoms with E-state index < -0.39 is 5.41 Å². The van der Waals surface area contributed by atoms with Gasteiger partial charge in [0.25, 0.3) is 0 Å². The lowest BCUT2D eigenvalue weighted by Gasteiger charge is -2.34. The Morgan fingerprint density at radius 3 is 2.72 bits per heavy atom. The number of hydrogen-bond acceptors (Lipinski definition) is 4. The van der Waals surface area contributed by atoms with Gasteiger partial charge in [0.15, 0.2) is 0 Å². The molecule has 3 heterocycles. The number of anilines is 1. The Morgan fingerprint density at radius 2 is 2.04 bits per heavy atom. The Morgan fingerprint density at radius 1 is 1.28 bits per heavy atom. The molecule has 2 aliphatic heterocycles. The molecule has 1 aromatic rings. The van der Waals surface area contributed by atoms with E-state index >= 15 is 0 Å². The topological polar surface area (TPSA) is 65.5 Å². The highest BCUT2D eigenvalue weighted by molar-refractivity contribution is 5.96. The third-order valence-corrected chi connectivity index (χ3v) is 5.76. The molecule has 2 atom stereocenters. The molecule has 0 saturated carbocycles. The van der Waals surface area contributed by atoms with Gasteiger partial charge in [-0.25, -0.2) is 0 Å². The molecule has 1 N–H and O–H groups in total. The maximum Gasteiger partial charge on any atom is 0.232 e. The van der Waals surface area contributed by atoms with Crippen LogP contribution in [-0.2, 0) is 9.59 Å². The Bertz CT molecular complexity index is 634. The lowest BCUT2D eigenvalue weighted by molar-refractivity contribution is -0.135. The number of nitrogens with one attached hydrogen (secondary N) is 1. The summed E-state index contributed by atoms with van der Waals surface area (Å²) in [6, 6.07) is 3.86. The van der Waals surface area contributed by atoms with Gasteiger partial charge in [-0.05, 0) is 45.0 Å². The second-order valence-electron chi connectivity index (χ2n) is 7.62. The third-order valence-electron chi connectivity index (χ3n) is 5.76. The first-order chi connectivity index (χ1) is 11.9. The van der Waals surface area contributed by atoms with Crippen molar-refractivity contribution in [3.05, 3.63) is 24.5 Å². The van der Waals surface area contributed by atoms with Gasteiger partial charge >= 0.3 is 0 Å². The molecule has 0 unspecified atom stereocenters. The van der Waals surface area contributed by atoms with Gasteiger partial charge in [0.2, 0.25) is 11.8 Å². The van der Waals surface area contributed by atoms with Crippen molar-refractivity contribution < 1.29 is 9.59 Å². The maximum atomic E-state index is 13.2. The van der Waals surface area contributed by atoms with Gasteiger partial charge in [0.1, 0.15) is 0 Å². The zero-order valence-corrected chi connectivity index (χ0v) is 15.4. The SMILES string of the molecule is CC(C)C(=O)N1CC[C@H]2N(C)CC[C@@]2(C(=O)Nc2cccnc2)CC1. The van der Waals surface area contributed by atoms with Crippen molar-refractivity contribution in [1.82, 2.24) is 14.8 Å². The monoisotopic (exact) mass is 344 g/mol. The molecular formula is C19H28N4O2. The Kier molecular flexibility index (Phi) is 5.08. The predicted octanol–water partition coefficient (Wildman–Crippen LogP) is 1.99. The number of likely N-dealkylation sites (tertiary alicyclic amines) is 2. The molecule has 136 valence electrons. The smallest absolute Gasteiger partial charge is 0.232 e. The molecule has 6 heteroatoms. The van der Waals surface area contributed by atoms with Crippen molar-refractivity contribution >= 4 is 17.5 Å². The van der Waals surface area contributed by atoms with Crippen LogP contribution < -0.4 is 5.32 Å². The van der Waals surface area contributed by atoms with Crippen LogP contribution in [0.3, 0.4) is 0 Å². The molecule has 2 saturated heterocycles. The lowest BCUT2D eigenvalue weighted by atomic mass is 9.75. The van der Waals surface area contributed by atoms with Crippen molar-refractivity contribution in [2.45, 2.75) is 39.2 Å². The van der Waals surface area contributed by atoms with Crippen LogP contribution in [0.5, 0.6) is 0 Å². The molecule has 25 heavy (non-hydrogen) atoms. The summed E-state index contributed by atoms with van der Waals surface area (Å²) in [7, 11) is 2.09. The molecule has 2 amide bonds. The fraction of sp³-hybridized carbons (Fsp3) is 0.632. The normalized spacial score (nSPS) is 27.0. The second-order valence-corrected chi connectivity index (χ2v) is 7.62. The van der Waals surface area contributed by atoms with E-state index in [0.717, 1.165) is 31.6 Å². The number of pyridine rings is 1. The summed E-state index contributed by atoms with van der Waals surface area (Å²) in [5.74, 6) is 0.245. The first-order valence-electron chi connectivity index (χ1n) is 9.14. The van der Waals surface area contributed by atoms with Crippen LogP contribution in [0.1, 0.15) is 33.1 Å². The van der Waals surface area contributed by atoms with Crippen LogP contribution in [-0.4, -0.2) is 59.3 Å². The molecule has 3 rings (SSSR count). The van der Waals surface area contributed by atoms with Crippen molar-refractivity contribution in [2.75, 3.05) is 32.0 Å². The second kappa shape index (κ2) is 7.12. The Labute approximate surface area is 149 Å². The van der Waals surface area contributed by atoms with E-state index in [0.29, 0.717) is 13.0 Å². The van der Waals surface area contributed by atoms with E-state index in [1.807, 2.05) is 30.9 Å². The number of amides is 2. The minimum absolute atomic E-state index is 0.00385. The highest BCUT2D eigenvalue weighted by atomic mass is 16.2. The van der Waals surface area contributed by atoms with E-state index in [9.17, 15) is 9.59 Å². The standard InChI is InChI=1S/C19H28N4O2/c1-14(2)17(24)23-10-6-16-19(8-12-23,7-11-22(16)3)18(25)21-15-5-4-9-20-13-15/h4-5,9,13-14,16H,6-8,10-12H2,1-3H3,(H,21,25)/t16-,19-/m1/s1. The molecule has 2 fully saturated rings. The van der Waals surface area contributed by atoms with E-state index in [1.165, 1.54) is 0 Å². The van der Waals surface area contributed by atoms with Crippen LogP contribution in [0.4, 0.5) is 5.69 Å². The highest BCUT2D eigenvalue weighted by Gasteiger charge is 2.52. The maximum absolute atomic E-state index is 13.2. The van der Waals surface area contributed by atoms with Crippen LogP contribution in [0, 0.1) is 11.3 Å². The lowest BCUT2D eigenvalue weighted by Crippen LogP contribution is -2.46. The van der Waals surface area contributed by atoms with Crippen LogP contribution in [0.25, 0.3) is 0 Å². The number of rotatable bonds is 3. The van der Waals surface area contributed by atoms with Crippen molar-refractivity contribution in [3.63, 3.8) is 0 Å². The Balaban J connectivity index is 1.81. The largest absolute Gasteiger partial charge is 0.342 e. The molecule has 0 bridgehead atoms.